The first-order valence-electron chi connectivity index (χ1n) is 5.75. The average molecular weight is 375 g/mol. The van der Waals surface area contributed by atoms with Crippen LogP contribution in [0.15, 0.2) is 45.8 Å². The minimum Gasteiger partial charge on any atom is -0.494 e. The van der Waals surface area contributed by atoms with Gasteiger partial charge in [-0.3, -0.25) is 4.72 Å². The molecular weight excluding hydrogens is 363 g/mol. The summed E-state index contributed by atoms with van der Waals surface area (Å²) in [5.74, 6) is -0.639. The summed E-state index contributed by atoms with van der Waals surface area (Å²) in [6.45, 7) is 0. The molecule has 0 radical (unpaired) electrons. The van der Waals surface area contributed by atoms with Gasteiger partial charge in [0.1, 0.15) is 4.90 Å². The van der Waals surface area contributed by atoms with Crippen LogP contribution in [0.5, 0.6) is 5.75 Å². The van der Waals surface area contributed by atoms with Crippen molar-refractivity contribution in [2.75, 3.05) is 17.6 Å². The maximum absolute atomic E-state index is 13.6. The van der Waals surface area contributed by atoms with Gasteiger partial charge in [0, 0.05) is 10.5 Å². The van der Waals surface area contributed by atoms with Crippen molar-refractivity contribution >= 4 is 37.3 Å². The van der Waals surface area contributed by atoms with Gasteiger partial charge < -0.3 is 10.5 Å². The standard InChI is InChI=1S/C13H12BrFN2O3S/c1-20-12-5-3-9(7-10(12)15)17-21(18,19)13-6-8(14)2-4-11(13)16/h2-7,17H,16H2,1H3. The molecule has 2 rings (SSSR count). The first-order chi connectivity index (χ1) is 9.83. The van der Waals surface area contributed by atoms with Crippen LogP contribution in [-0.4, -0.2) is 15.5 Å². The Morgan fingerprint density at radius 2 is 1.95 bits per heavy atom. The minimum absolute atomic E-state index is 0.0277. The molecule has 0 unspecified atom stereocenters. The maximum Gasteiger partial charge on any atom is 0.263 e. The summed E-state index contributed by atoms with van der Waals surface area (Å²) in [5, 5.41) is 0. The molecule has 0 saturated carbocycles. The quantitative estimate of drug-likeness (QED) is 0.806. The summed E-state index contributed by atoms with van der Waals surface area (Å²) < 4.78 is 45.7. The summed E-state index contributed by atoms with van der Waals surface area (Å²) in [7, 11) is -2.59. The molecular formula is C13H12BrFN2O3S. The highest BCUT2D eigenvalue weighted by Gasteiger charge is 2.18. The number of halogens is 2. The molecule has 0 atom stereocenters. The number of methoxy groups -OCH3 is 1. The molecule has 0 aliphatic rings. The van der Waals surface area contributed by atoms with Gasteiger partial charge in [0.15, 0.2) is 11.6 Å². The molecule has 3 N–H and O–H groups in total. The van der Waals surface area contributed by atoms with Crippen LogP contribution in [0.3, 0.4) is 0 Å². The van der Waals surface area contributed by atoms with Gasteiger partial charge in [-0.2, -0.15) is 0 Å². The maximum atomic E-state index is 13.6. The van der Waals surface area contributed by atoms with E-state index in [1.54, 1.807) is 6.07 Å². The Morgan fingerprint density at radius 1 is 1.24 bits per heavy atom. The predicted molar refractivity (Wildman–Crippen MR) is 82.3 cm³/mol. The van der Waals surface area contributed by atoms with Crippen molar-refractivity contribution in [2.45, 2.75) is 4.90 Å². The van der Waals surface area contributed by atoms with Crippen molar-refractivity contribution in [3.8, 4) is 5.75 Å². The molecule has 0 bridgehead atoms. The Bertz CT molecular complexity index is 781. The van der Waals surface area contributed by atoms with Crippen LogP contribution in [0.25, 0.3) is 0 Å². The molecule has 21 heavy (non-hydrogen) atoms. The van der Waals surface area contributed by atoms with Crippen LogP contribution in [-0.2, 0) is 10.0 Å². The number of hydrogen-bond donors (Lipinski definition) is 2. The lowest BCUT2D eigenvalue weighted by atomic mass is 10.3. The molecule has 112 valence electrons. The van der Waals surface area contributed by atoms with Crippen LogP contribution in [0, 0.1) is 5.82 Å². The zero-order valence-electron chi connectivity index (χ0n) is 10.9. The number of rotatable bonds is 4. The fraction of sp³-hybridized carbons (Fsp3) is 0.0769. The van der Waals surface area contributed by atoms with E-state index in [4.69, 9.17) is 10.5 Å². The van der Waals surface area contributed by atoms with E-state index in [1.165, 1.54) is 31.4 Å². The smallest absolute Gasteiger partial charge is 0.263 e. The van der Waals surface area contributed by atoms with Gasteiger partial charge in [0.05, 0.1) is 18.5 Å². The van der Waals surface area contributed by atoms with E-state index in [2.05, 4.69) is 20.7 Å². The van der Waals surface area contributed by atoms with E-state index < -0.39 is 15.8 Å². The van der Waals surface area contributed by atoms with Gasteiger partial charge in [-0.1, -0.05) is 15.9 Å². The molecule has 0 heterocycles. The Morgan fingerprint density at radius 3 is 2.57 bits per heavy atom. The lowest BCUT2D eigenvalue weighted by molar-refractivity contribution is 0.386. The summed E-state index contributed by atoms with van der Waals surface area (Å²) in [6.07, 6.45) is 0. The fourth-order valence-corrected chi connectivity index (χ4v) is 3.40. The molecule has 0 aliphatic carbocycles. The van der Waals surface area contributed by atoms with Gasteiger partial charge in [-0.25, -0.2) is 12.8 Å². The van der Waals surface area contributed by atoms with Crippen molar-refractivity contribution in [1.29, 1.82) is 0 Å². The van der Waals surface area contributed by atoms with Crippen LogP contribution in [0.4, 0.5) is 15.8 Å². The Balaban J connectivity index is 2.37. The highest BCUT2D eigenvalue weighted by molar-refractivity contribution is 9.10. The van der Waals surface area contributed by atoms with E-state index in [9.17, 15) is 12.8 Å². The van der Waals surface area contributed by atoms with Crippen molar-refractivity contribution < 1.29 is 17.5 Å². The second-order valence-electron chi connectivity index (χ2n) is 4.14. The molecule has 0 aliphatic heterocycles. The van der Waals surface area contributed by atoms with Gasteiger partial charge >= 0.3 is 0 Å². The van der Waals surface area contributed by atoms with Gasteiger partial charge in [0.25, 0.3) is 10.0 Å². The summed E-state index contributed by atoms with van der Waals surface area (Å²) in [4.78, 5) is -0.0897. The number of nitrogens with two attached hydrogens (primary N) is 1. The van der Waals surface area contributed by atoms with E-state index in [0.29, 0.717) is 4.47 Å². The zero-order chi connectivity index (χ0) is 15.6. The highest BCUT2D eigenvalue weighted by atomic mass is 79.9. The van der Waals surface area contributed by atoms with Gasteiger partial charge in [0.2, 0.25) is 0 Å². The molecule has 0 fully saturated rings. The molecule has 2 aromatic carbocycles. The molecule has 0 amide bonds. The normalized spacial score (nSPS) is 11.2. The number of anilines is 2. The number of benzene rings is 2. The van der Waals surface area contributed by atoms with Crippen LogP contribution >= 0.6 is 15.9 Å². The number of hydrogen-bond acceptors (Lipinski definition) is 4. The third-order valence-electron chi connectivity index (χ3n) is 2.67. The molecule has 0 spiro atoms. The van der Waals surface area contributed by atoms with Crippen molar-refractivity contribution in [1.82, 2.24) is 0 Å². The predicted octanol–water partition coefficient (Wildman–Crippen LogP) is 2.98. The fourth-order valence-electron chi connectivity index (χ4n) is 1.68. The second kappa shape index (κ2) is 5.90. The Hall–Kier alpha value is -1.80. The second-order valence-corrected chi connectivity index (χ2v) is 6.70. The van der Waals surface area contributed by atoms with E-state index in [0.717, 1.165) is 6.07 Å². The van der Waals surface area contributed by atoms with Gasteiger partial charge in [-0.05, 0) is 30.3 Å². The lowest BCUT2D eigenvalue weighted by Crippen LogP contribution is -2.15. The third kappa shape index (κ3) is 3.45. The van der Waals surface area contributed by atoms with E-state index in [1.807, 2.05) is 0 Å². The number of nitrogen functional groups attached to an aromatic ring is 1. The Kier molecular flexibility index (Phi) is 4.38. The van der Waals surface area contributed by atoms with E-state index >= 15 is 0 Å². The average Bonchev–Trinajstić information content (AvgIpc) is 2.41. The summed E-state index contributed by atoms with van der Waals surface area (Å²) >= 11 is 3.18. The van der Waals surface area contributed by atoms with Crippen molar-refractivity contribution in [2.24, 2.45) is 0 Å². The Labute approximate surface area is 130 Å². The number of ether oxygens (including phenoxy) is 1. The van der Waals surface area contributed by atoms with Crippen LogP contribution < -0.4 is 15.2 Å². The first-order valence-corrected chi connectivity index (χ1v) is 8.02. The molecule has 2 aromatic rings. The highest BCUT2D eigenvalue weighted by Crippen LogP contribution is 2.27. The molecule has 0 aromatic heterocycles. The SMILES string of the molecule is COc1ccc(NS(=O)(=O)c2cc(Br)ccc2N)cc1F. The van der Waals surface area contributed by atoms with Crippen molar-refractivity contribution in [3.05, 3.63) is 46.7 Å². The minimum atomic E-state index is -3.92. The number of sulfonamides is 1. The van der Waals surface area contributed by atoms with E-state index in [-0.39, 0.29) is 22.0 Å². The van der Waals surface area contributed by atoms with Crippen LogP contribution in [0.1, 0.15) is 0 Å². The molecule has 5 nitrogen and oxygen atoms in total. The topological polar surface area (TPSA) is 81.4 Å². The monoisotopic (exact) mass is 374 g/mol. The lowest BCUT2D eigenvalue weighted by Gasteiger charge is -2.11. The largest absolute Gasteiger partial charge is 0.494 e. The zero-order valence-corrected chi connectivity index (χ0v) is 13.3. The summed E-state index contributed by atoms with van der Waals surface area (Å²) in [6, 6.07) is 8.22. The summed E-state index contributed by atoms with van der Waals surface area (Å²) in [5.41, 5.74) is 5.84. The third-order valence-corrected chi connectivity index (χ3v) is 4.60. The van der Waals surface area contributed by atoms with Gasteiger partial charge in [-0.15, -0.1) is 0 Å². The van der Waals surface area contributed by atoms with Crippen molar-refractivity contribution in [3.63, 3.8) is 0 Å². The van der Waals surface area contributed by atoms with Crippen LogP contribution in [0.2, 0.25) is 0 Å². The first kappa shape index (κ1) is 15.6. The number of nitrogens with one attached hydrogen (secondary N) is 1. The molecule has 8 heteroatoms. The molecule has 0 saturated heterocycles.